The molecule has 0 aromatic heterocycles. The van der Waals surface area contributed by atoms with Gasteiger partial charge >= 0.3 is 0 Å². The van der Waals surface area contributed by atoms with Gasteiger partial charge in [0.1, 0.15) is 5.78 Å². The van der Waals surface area contributed by atoms with Crippen LogP contribution in [0.5, 0.6) is 0 Å². The van der Waals surface area contributed by atoms with Gasteiger partial charge in [-0.2, -0.15) is 0 Å². The fraction of sp³-hybridized carbons (Fsp3) is 0.938. The average Bonchev–Trinajstić information content (AvgIpc) is 2.91. The number of fused-ring (bicyclic) bond motifs is 2. The minimum absolute atomic E-state index is 0.188. The highest BCUT2D eigenvalue weighted by molar-refractivity contribution is 5.89. The SMILES string of the molecule is O=C1CC[C@@]2(CCCC23CCCC3)C12CCC2. The first-order chi connectivity index (χ1) is 8.25. The maximum Gasteiger partial charge on any atom is 0.139 e. The molecule has 1 nitrogen and oxygen atoms in total. The quantitative estimate of drug-likeness (QED) is 0.610. The van der Waals surface area contributed by atoms with E-state index >= 15 is 0 Å². The molecule has 1 atom stereocenters. The van der Waals surface area contributed by atoms with E-state index in [0.29, 0.717) is 16.6 Å². The largest absolute Gasteiger partial charge is 0.299 e. The van der Waals surface area contributed by atoms with E-state index in [1.54, 1.807) is 0 Å². The summed E-state index contributed by atoms with van der Waals surface area (Å²) in [4.78, 5) is 12.5. The van der Waals surface area contributed by atoms with Gasteiger partial charge < -0.3 is 0 Å². The molecular weight excluding hydrogens is 208 g/mol. The first-order valence-electron chi connectivity index (χ1n) is 7.78. The van der Waals surface area contributed by atoms with Crippen molar-refractivity contribution in [2.45, 2.75) is 77.0 Å². The van der Waals surface area contributed by atoms with Gasteiger partial charge in [0.05, 0.1) is 0 Å². The van der Waals surface area contributed by atoms with Gasteiger partial charge in [0.2, 0.25) is 0 Å². The average molecular weight is 232 g/mol. The summed E-state index contributed by atoms with van der Waals surface area (Å²) < 4.78 is 0. The number of ketones is 1. The molecular formula is C16H24O. The van der Waals surface area contributed by atoms with Crippen molar-refractivity contribution in [2.24, 2.45) is 16.2 Å². The van der Waals surface area contributed by atoms with Gasteiger partial charge in [-0.15, -0.1) is 0 Å². The molecule has 4 fully saturated rings. The second-order valence-electron chi connectivity index (χ2n) is 7.28. The normalized spacial score (nSPS) is 41.8. The summed E-state index contributed by atoms with van der Waals surface area (Å²) in [6, 6.07) is 0. The zero-order chi connectivity index (χ0) is 11.6. The molecule has 4 saturated carbocycles. The molecule has 0 unspecified atom stereocenters. The minimum atomic E-state index is 0.188. The molecule has 0 radical (unpaired) electrons. The number of Topliss-reactive ketones (excluding diaryl/α,β-unsaturated/α-hetero) is 1. The van der Waals surface area contributed by atoms with Gasteiger partial charge in [-0.05, 0) is 55.8 Å². The zero-order valence-corrected chi connectivity index (χ0v) is 10.9. The number of hydrogen-bond donors (Lipinski definition) is 0. The van der Waals surface area contributed by atoms with E-state index in [9.17, 15) is 4.79 Å². The number of hydrogen-bond acceptors (Lipinski definition) is 1. The maximum atomic E-state index is 12.5. The third kappa shape index (κ3) is 0.980. The van der Waals surface area contributed by atoms with Crippen molar-refractivity contribution in [1.29, 1.82) is 0 Å². The molecule has 0 saturated heterocycles. The summed E-state index contributed by atoms with van der Waals surface area (Å²) in [5.41, 5.74) is 1.28. The molecule has 4 rings (SSSR count). The van der Waals surface area contributed by atoms with Gasteiger partial charge in [0, 0.05) is 11.8 Å². The summed E-state index contributed by atoms with van der Waals surface area (Å²) in [7, 11) is 0. The van der Waals surface area contributed by atoms with E-state index in [1.807, 2.05) is 0 Å². The van der Waals surface area contributed by atoms with Crippen molar-refractivity contribution in [3.05, 3.63) is 0 Å². The van der Waals surface area contributed by atoms with Gasteiger partial charge in [-0.25, -0.2) is 0 Å². The Hall–Kier alpha value is -0.330. The maximum absolute atomic E-state index is 12.5. The Morgan fingerprint density at radius 1 is 0.706 bits per heavy atom. The predicted octanol–water partition coefficient (Wildman–Crippen LogP) is 4.25. The Morgan fingerprint density at radius 2 is 1.35 bits per heavy atom. The van der Waals surface area contributed by atoms with Crippen LogP contribution < -0.4 is 0 Å². The third-order valence-corrected chi connectivity index (χ3v) is 7.27. The fourth-order valence-electron chi connectivity index (χ4n) is 6.51. The molecule has 0 aliphatic heterocycles. The monoisotopic (exact) mass is 232 g/mol. The molecule has 0 aromatic rings. The van der Waals surface area contributed by atoms with Crippen LogP contribution in [0.1, 0.15) is 77.0 Å². The van der Waals surface area contributed by atoms with E-state index in [4.69, 9.17) is 0 Å². The molecule has 1 heteroatoms. The summed E-state index contributed by atoms with van der Waals surface area (Å²) >= 11 is 0. The van der Waals surface area contributed by atoms with E-state index < -0.39 is 0 Å². The highest BCUT2D eigenvalue weighted by atomic mass is 16.1. The van der Waals surface area contributed by atoms with Crippen molar-refractivity contribution >= 4 is 5.78 Å². The van der Waals surface area contributed by atoms with Crippen LogP contribution in [0.25, 0.3) is 0 Å². The first-order valence-corrected chi connectivity index (χ1v) is 7.78. The Balaban J connectivity index is 1.82. The van der Waals surface area contributed by atoms with Crippen LogP contribution in [-0.4, -0.2) is 5.78 Å². The van der Waals surface area contributed by atoms with Crippen molar-refractivity contribution < 1.29 is 4.79 Å². The number of rotatable bonds is 0. The zero-order valence-electron chi connectivity index (χ0n) is 10.9. The van der Waals surface area contributed by atoms with Crippen molar-refractivity contribution in [3.8, 4) is 0 Å². The molecule has 0 bridgehead atoms. The standard InChI is InChI=1S/C16H24O/c17-13-5-12-16(15(13)9-4-10-15)11-3-8-14(16)6-1-2-7-14/h1-12H2/t16-/m1/s1. The molecule has 17 heavy (non-hydrogen) atoms. The second-order valence-corrected chi connectivity index (χ2v) is 7.28. The van der Waals surface area contributed by atoms with Gasteiger partial charge in [-0.1, -0.05) is 25.7 Å². The highest BCUT2D eigenvalue weighted by Crippen LogP contribution is 2.76. The molecule has 94 valence electrons. The van der Waals surface area contributed by atoms with Crippen LogP contribution in [0.15, 0.2) is 0 Å². The molecule has 4 aliphatic rings. The van der Waals surface area contributed by atoms with E-state index in [0.717, 1.165) is 6.42 Å². The van der Waals surface area contributed by atoms with Gasteiger partial charge in [0.25, 0.3) is 0 Å². The smallest absolute Gasteiger partial charge is 0.139 e. The molecule has 4 aliphatic carbocycles. The third-order valence-electron chi connectivity index (χ3n) is 7.27. The van der Waals surface area contributed by atoms with E-state index in [-0.39, 0.29) is 5.41 Å². The van der Waals surface area contributed by atoms with E-state index in [2.05, 4.69) is 0 Å². The summed E-state index contributed by atoms with van der Waals surface area (Å²) in [6.07, 6.45) is 16.0. The second kappa shape index (κ2) is 3.16. The van der Waals surface area contributed by atoms with Crippen LogP contribution in [0.4, 0.5) is 0 Å². The molecule has 0 heterocycles. The highest BCUT2D eigenvalue weighted by Gasteiger charge is 2.71. The fourth-order valence-corrected chi connectivity index (χ4v) is 6.51. The Bertz CT molecular complexity index is 354. The predicted molar refractivity (Wildman–Crippen MR) is 67.7 cm³/mol. The minimum Gasteiger partial charge on any atom is -0.299 e. The van der Waals surface area contributed by atoms with Crippen LogP contribution in [0.3, 0.4) is 0 Å². The van der Waals surface area contributed by atoms with Crippen LogP contribution in [0, 0.1) is 16.2 Å². The lowest BCUT2D eigenvalue weighted by molar-refractivity contribution is -0.146. The number of carbonyl (C=O) groups is 1. The summed E-state index contributed by atoms with van der Waals surface area (Å²) in [5.74, 6) is 0.664. The topological polar surface area (TPSA) is 17.1 Å². The van der Waals surface area contributed by atoms with E-state index in [1.165, 1.54) is 70.6 Å². The lowest BCUT2D eigenvalue weighted by atomic mass is 9.46. The Kier molecular flexibility index (Phi) is 1.97. The summed E-state index contributed by atoms with van der Waals surface area (Å²) in [5, 5.41) is 0. The molecule has 0 amide bonds. The Labute approximate surface area is 104 Å². The van der Waals surface area contributed by atoms with Gasteiger partial charge in [0.15, 0.2) is 0 Å². The van der Waals surface area contributed by atoms with Crippen molar-refractivity contribution in [2.75, 3.05) is 0 Å². The first kappa shape index (κ1) is 10.6. The van der Waals surface area contributed by atoms with Crippen LogP contribution in [0.2, 0.25) is 0 Å². The lowest BCUT2D eigenvalue weighted by Crippen LogP contribution is -2.52. The summed E-state index contributed by atoms with van der Waals surface area (Å²) in [6.45, 7) is 0. The molecule has 3 spiro atoms. The van der Waals surface area contributed by atoms with Crippen molar-refractivity contribution in [1.82, 2.24) is 0 Å². The van der Waals surface area contributed by atoms with Gasteiger partial charge in [-0.3, -0.25) is 4.79 Å². The number of carbonyl (C=O) groups excluding carboxylic acids is 1. The van der Waals surface area contributed by atoms with Crippen LogP contribution in [-0.2, 0) is 4.79 Å². The molecule has 0 aromatic carbocycles. The Morgan fingerprint density at radius 3 is 2.00 bits per heavy atom. The lowest BCUT2D eigenvalue weighted by Gasteiger charge is -2.56. The van der Waals surface area contributed by atoms with Crippen molar-refractivity contribution in [3.63, 3.8) is 0 Å². The van der Waals surface area contributed by atoms with Crippen LogP contribution >= 0.6 is 0 Å². The molecule has 0 N–H and O–H groups in total.